The van der Waals surface area contributed by atoms with Gasteiger partial charge < -0.3 is 10.1 Å². The first-order chi connectivity index (χ1) is 8.86. The van der Waals surface area contributed by atoms with Crippen molar-refractivity contribution in [3.8, 4) is 0 Å². The lowest BCUT2D eigenvalue weighted by atomic mass is 10.2. The first kappa shape index (κ1) is 16.0. The average Bonchev–Trinajstić information content (AvgIpc) is 2.60. The Kier molecular flexibility index (Phi) is 5.82. The summed E-state index contributed by atoms with van der Waals surface area (Å²) in [7, 11) is 1.40. The molecule has 0 bridgehead atoms. The Morgan fingerprint density at radius 1 is 1.47 bits per heavy atom. The molecule has 0 fully saturated rings. The van der Waals surface area contributed by atoms with Gasteiger partial charge in [0, 0.05) is 12.6 Å². The van der Waals surface area contributed by atoms with Gasteiger partial charge in [0.25, 0.3) is 0 Å². The van der Waals surface area contributed by atoms with Gasteiger partial charge >= 0.3 is 5.97 Å². The second kappa shape index (κ2) is 6.91. The molecule has 1 aromatic rings. The monoisotopic (exact) mass is 287 g/mol. The predicted molar refractivity (Wildman–Crippen MR) is 75.4 cm³/mol. The zero-order valence-electron chi connectivity index (χ0n) is 12.2. The molecule has 0 aliphatic rings. The van der Waals surface area contributed by atoms with Crippen molar-refractivity contribution < 1.29 is 9.53 Å². The van der Waals surface area contributed by atoms with Crippen LogP contribution in [0.25, 0.3) is 0 Å². The van der Waals surface area contributed by atoms with Gasteiger partial charge in [0.2, 0.25) is 0 Å². The fourth-order valence-electron chi connectivity index (χ4n) is 1.96. The Morgan fingerprint density at radius 3 is 2.53 bits per heavy atom. The lowest BCUT2D eigenvalue weighted by Crippen LogP contribution is -2.42. The van der Waals surface area contributed by atoms with E-state index in [0.717, 1.165) is 11.4 Å². The van der Waals surface area contributed by atoms with E-state index < -0.39 is 0 Å². The second-order valence-corrected chi connectivity index (χ2v) is 5.27. The summed E-state index contributed by atoms with van der Waals surface area (Å²) >= 11 is 6.10. The number of aromatic nitrogens is 2. The highest BCUT2D eigenvalue weighted by Crippen LogP contribution is 2.19. The van der Waals surface area contributed by atoms with Crippen LogP contribution in [0.3, 0.4) is 0 Å². The minimum atomic E-state index is -0.326. The second-order valence-electron chi connectivity index (χ2n) is 4.89. The van der Waals surface area contributed by atoms with E-state index in [1.54, 1.807) is 0 Å². The Bertz CT molecular complexity index is 443. The SMILES string of the molecule is COC(=O)C(CCn1nc(C)c(Cl)c1C)NC(C)C. The van der Waals surface area contributed by atoms with Gasteiger partial charge in [-0.1, -0.05) is 25.4 Å². The minimum absolute atomic E-state index is 0.216. The van der Waals surface area contributed by atoms with Crippen molar-refractivity contribution in [3.05, 3.63) is 16.4 Å². The third-order valence-electron chi connectivity index (χ3n) is 2.94. The van der Waals surface area contributed by atoms with Crippen LogP contribution in [0, 0.1) is 13.8 Å². The average molecular weight is 288 g/mol. The molecule has 1 heterocycles. The van der Waals surface area contributed by atoms with Crippen molar-refractivity contribution in [2.45, 2.75) is 52.7 Å². The van der Waals surface area contributed by atoms with Gasteiger partial charge in [0.1, 0.15) is 6.04 Å². The summed E-state index contributed by atoms with van der Waals surface area (Å²) in [6, 6.07) is -0.110. The maximum absolute atomic E-state index is 11.7. The van der Waals surface area contributed by atoms with Gasteiger partial charge in [-0.05, 0) is 20.3 Å². The van der Waals surface area contributed by atoms with Crippen LogP contribution in [-0.2, 0) is 16.1 Å². The molecule has 0 radical (unpaired) electrons. The van der Waals surface area contributed by atoms with Crippen LogP contribution in [0.4, 0.5) is 0 Å². The van der Waals surface area contributed by atoms with E-state index in [9.17, 15) is 4.79 Å². The van der Waals surface area contributed by atoms with Crippen molar-refractivity contribution in [2.75, 3.05) is 7.11 Å². The zero-order valence-corrected chi connectivity index (χ0v) is 12.9. The molecule has 1 N–H and O–H groups in total. The number of esters is 1. The molecule has 1 atom stereocenters. The number of methoxy groups -OCH3 is 1. The highest BCUT2D eigenvalue weighted by molar-refractivity contribution is 6.31. The number of hydrogen-bond donors (Lipinski definition) is 1. The third kappa shape index (κ3) is 4.21. The summed E-state index contributed by atoms with van der Waals surface area (Å²) in [6.45, 7) is 8.41. The van der Waals surface area contributed by atoms with Gasteiger partial charge in [-0.2, -0.15) is 5.10 Å². The number of aryl methyl sites for hydroxylation is 2. The molecule has 5 nitrogen and oxygen atoms in total. The van der Waals surface area contributed by atoms with Crippen molar-refractivity contribution >= 4 is 17.6 Å². The molecule has 1 aromatic heterocycles. The van der Waals surface area contributed by atoms with E-state index in [4.69, 9.17) is 16.3 Å². The molecule has 0 saturated heterocycles. The van der Waals surface area contributed by atoms with Crippen LogP contribution in [0.2, 0.25) is 5.02 Å². The van der Waals surface area contributed by atoms with E-state index in [0.29, 0.717) is 18.0 Å². The van der Waals surface area contributed by atoms with Crippen LogP contribution >= 0.6 is 11.6 Å². The first-order valence-corrected chi connectivity index (χ1v) is 6.78. The van der Waals surface area contributed by atoms with E-state index in [1.165, 1.54) is 7.11 Å². The Hall–Kier alpha value is -1.07. The minimum Gasteiger partial charge on any atom is -0.468 e. The Morgan fingerprint density at radius 2 is 2.11 bits per heavy atom. The number of carbonyl (C=O) groups excluding carboxylic acids is 1. The van der Waals surface area contributed by atoms with Crippen LogP contribution in [0.1, 0.15) is 31.7 Å². The third-order valence-corrected chi connectivity index (χ3v) is 3.49. The molecule has 0 spiro atoms. The fourth-order valence-corrected chi connectivity index (χ4v) is 2.09. The quantitative estimate of drug-likeness (QED) is 0.814. The molecule has 108 valence electrons. The van der Waals surface area contributed by atoms with Gasteiger partial charge in [-0.3, -0.25) is 9.48 Å². The van der Waals surface area contributed by atoms with Gasteiger partial charge in [0.05, 0.1) is 23.5 Å². The number of halogens is 1. The predicted octanol–water partition coefficient (Wildman–Crippen LogP) is 2.08. The first-order valence-electron chi connectivity index (χ1n) is 6.40. The zero-order chi connectivity index (χ0) is 14.6. The number of nitrogens with one attached hydrogen (secondary N) is 1. The number of ether oxygens (including phenoxy) is 1. The number of nitrogens with zero attached hydrogens (tertiary/aromatic N) is 2. The Labute approximate surface area is 119 Å². The van der Waals surface area contributed by atoms with Gasteiger partial charge in [-0.25, -0.2) is 0 Å². The van der Waals surface area contributed by atoms with Gasteiger partial charge in [-0.15, -0.1) is 0 Å². The lowest BCUT2D eigenvalue weighted by Gasteiger charge is -2.19. The largest absolute Gasteiger partial charge is 0.468 e. The van der Waals surface area contributed by atoms with Crippen molar-refractivity contribution in [3.63, 3.8) is 0 Å². The molecular weight excluding hydrogens is 266 g/mol. The lowest BCUT2D eigenvalue weighted by molar-refractivity contribution is -0.143. The van der Waals surface area contributed by atoms with E-state index >= 15 is 0 Å². The molecule has 0 aliphatic carbocycles. The maximum Gasteiger partial charge on any atom is 0.322 e. The fraction of sp³-hybridized carbons (Fsp3) is 0.692. The highest BCUT2D eigenvalue weighted by Gasteiger charge is 2.20. The summed E-state index contributed by atoms with van der Waals surface area (Å²) < 4.78 is 6.63. The maximum atomic E-state index is 11.7. The summed E-state index contributed by atoms with van der Waals surface area (Å²) in [5, 5.41) is 8.23. The molecule has 0 saturated carbocycles. The Balaban J connectivity index is 2.70. The van der Waals surface area contributed by atoms with E-state index in [2.05, 4.69) is 10.4 Å². The van der Waals surface area contributed by atoms with E-state index in [1.807, 2.05) is 32.4 Å². The molecular formula is C13H22ClN3O2. The van der Waals surface area contributed by atoms with Crippen LogP contribution in [0.5, 0.6) is 0 Å². The summed E-state index contributed by atoms with van der Waals surface area (Å²) in [6.07, 6.45) is 0.614. The van der Waals surface area contributed by atoms with Crippen LogP contribution < -0.4 is 5.32 Å². The number of hydrogen-bond acceptors (Lipinski definition) is 4. The molecule has 0 amide bonds. The molecule has 1 rings (SSSR count). The van der Waals surface area contributed by atoms with Crippen LogP contribution in [0.15, 0.2) is 0 Å². The number of carbonyl (C=O) groups is 1. The topological polar surface area (TPSA) is 56.2 Å². The van der Waals surface area contributed by atoms with Crippen LogP contribution in [-0.4, -0.2) is 34.9 Å². The highest BCUT2D eigenvalue weighted by atomic mass is 35.5. The summed E-state index contributed by atoms with van der Waals surface area (Å²) in [5.74, 6) is -0.249. The number of rotatable bonds is 6. The summed E-state index contributed by atoms with van der Waals surface area (Å²) in [4.78, 5) is 11.7. The molecule has 0 aromatic carbocycles. The molecule has 6 heteroatoms. The van der Waals surface area contributed by atoms with Crippen molar-refractivity contribution in [2.24, 2.45) is 0 Å². The van der Waals surface area contributed by atoms with Gasteiger partial charge in [0.15, 0.2) is 0 Å². The normalized spacial score (nSPS) is 12.8. The molecule has 1 unspecified atom stereocenters. The summed E-state index contributed by atoms with van der Waals surface area (Å²) in [5.41, 5.74) is 1.73. The van der Waals surface area contributed by atoms with Crippen molar-refractivity contribution in [1.29, 1.82) is 0 Å². The standard InChI is InChI=1S/C13H22ClN3O2/c1-8(2)15-11(13(18)19-5)6-7-17-10(4)12(14)9(3)16-17/h8,11,15H,6-7H2,1-5H3. The van der Waals surface area contributed by atoms with Crippen molar-refractivity contribution in [1.82, 2.24) is 15.1 Å². The smallest absolute Gasteiger partial charge is 0.322 e. The van der Waals surface area contributed by atoms with E-state index in [-0.39, 0.29) is 18.1 Å². The molecule has 0 aliphatic heterocycles. The molecule has 19 heavy (non-hydrogen) atoms.